The number of rotatable bonds is 3. The molecule has 36 heavy (non-hydrogen) atoms. The van der Waals surface area contributed by atoms with Gasteiger partial charge in [0.2, 0.25) is 5.72 Å². The molecule has 0 saturated carbocycles. The molecule has 0 N–H and O–H groups in total. The average molecular weight is 510 g/mol. The summed E-state index contributed by atoms with van der Waals surface area (Å²) in [6.45, 7) is 1.91. The van der Waals surface area contributed by atoms with E-state index in [0.717, 1.165) is 27.3 Å². The van der Waals surface area contributed by atoms with Crippen molar-refractivity contribution in [3.05, 3.63) is 137 Å². The highest BCUT2D eigenvalue weighted by molar-refractivity contribution is 7.99. The number of para-hydroxylation sites is 1. The van der Waals surface area contributed by atoms with E-state index in [1.165, 1.54) is 0 Å². The van der Waals surface area contributed by atoms with Gasteiger partial charge < -0.3 is 4.74 Å². The van der Waals surface area contributed by atoms with Crippen molar-refractivity contribution in [2.75, 3.05) is 4.90 Å². The molecule has 6 rings (SSSR count). The van der Waals surface area contributed by atoms with Crippen molar-refractivity contribution >= 4 is 40.5 Å². The molecule has 0 aromatic heterocycles. The molecule has 5 heteroatoms. The van der Waals surface area contributed by atoms with Crippen LogP contribution in [0.2, 0.25) is 5.02 Å². The standard InChI is InChI=1S/C31H24ClNO2S/c1-21-29(23-10-4-2-5-11-23)30(34)33-26-14-8-9-15-27(26)36-28(22-16-18-25(32)19-17-22)20-31(33,35-21)24-12-6-3-7-13-24/h2-19,28H,20H2,1H3/t28-,31+/m0/s1. The van der Waals surface area contributed by atoms with Crippen LogP contribution in [0.5, 0.6) is 0 Å². The van der Waals surface area contributed by atoms with Crippen molar-refractivity contribution in [1.29, 1.82) is 0 Å². The van der Waals surface area contributed by atoms with Crippen molar-refractivity contribution < 1.29 is 9.53 Å². The number of benzene rings is 4. The topological polar surface area (TPSA) is 29.5 Å². The Kier molecular flexibility index (Phi) is 5.87. The Morgan fingerprint density at radius 3 is 2.22 bits per heavy atom. The normalized spacial score (nSPS) is 21.3. The number of nitrogens with zero attached hydrogens (tertiary/aromatic N) is 1. The smallest absolute Gasteiger partial charge is 0.265 e. The van der Waals surface area contributed by atoms with Crippen LogP contribution >= 0.6 is 23.4 Å². The lowest BCUT2D eigenvalue weighted by atomic mass is 9.89. The molecule has 0 radical (unpaired) electrons. The van der Waals surface area contributed by atoms with Crippen molar-refractivity contribution in [3.8, 4) is 0 Å². The molecule has 1 amide bonds. The van der Waals surface area contributed by atoms with Gasteiger partial charge in [-0.1, -0.05) is 96.5 Å². The van der Waals surface area contributed by atoms with Gasteiger partial charge in [-0.05, 0) is 42.3 Å². The Labute approximate surface area is 220 Å². The van der Waals surface area contributed by atoms with Crippen molar-refractivity contribution in [1.82, 2.24) is 0 Å². The SMILES string of the molecule is CC1=C(c2ccccc2)C(=O)N2c3ccccc3S[C@H](c3ccc(Cl)cc3)C[C@]2(c2ccccc2)O1. The summed E-state index contributed by atoms with van der Waals surface area (Å²) in [6, 6.07) is 36.0. The molecule has 0 unspecified atom stereocenters. The average Bonchev–Trinajstić information content (AvgIpc) is 3.05. The highest BCUT2D eigenvalue weighted by Gasteiger charge is 2.53. The quantitative estimate of drug-likeness (QED) is 0.278. The Balaban J connectivity index is 1.61. The fourth-order valence-electron chi connectivity index (χ4n) is 5.20. The molecule has 178 valence electrons. The van der Waals surface area contributed by atoms with E-state index in [4.69, 9.17) is 16.3 Å². The molecular formula is C31H24ClNO2S. The van der Waals surface area contributed by atoms with Gasteiger partial charge in [0.1, 0.15) is 5.76 Å². The maximum Gasteiger partial charge on any atom is 0.265 e. The Morgan fingerprint density at radius 2 is 1.50 bits per heavy atom. The van der Waals surface area contributed by atoms with E-state index in [2.05, 4.69) is 30.3 Å². The van der Waals surface area contributed by atoms with Gasteiger partial charge in [0.05, 0.1) is 11.3 Å². The van der Waals surface area contributed by atoms with Crippen LogP contribution in [-0.2, 0) is 15.3 Å². The van der Waals surface area contributed by atoms with Gasteiger partial charge in [-0.3, -0.25) is 9.69 Å². The number of fused-ring (bicyclic) bond motifs is 3. The summed E-state index contributed by atoms with van der Waals surface area (Å²) in [7, 11) is 0. The van der Waals surface area contributed by atoms with E-state index < -0.39 is 5.72 Å². The van der Waals surface area contributed by atoms with Crippen molar-refractivity contribution in [2.24, 2.45) is 0 Å². The summed E-state index contributed by atoms with van der Waals surface area (Å²) in [5.74, 6) is 0.573. The van der Waals surface area contributed by atoms with Gasteiger partial charge in [0.15, 0.2) is 0 Å². The van der Waals surface area contributed by atoms with Crippen LogP contribution in [0.3, 0.4) is 0 Å². The second-order valence-corrected chi connectivity index (χ2v) is 10.7. The third-order valence-corrected chi connectivity index (χ3v) is 8.39. The first kappa shape index (κ1) is 23.0. The number of anilines is 1. The molecule has 3 nitrogen and oxygen atoms in total. The summed E-state index contributed by atoms with van der Waals surface area (Å²) in [5.41, 5.74) is 3.37. The fourth-order valence-corrected chi connectivity index (χ4v) is 6.67. The maximum absolute atomic E-state index is 14.5. The van der Waals surface area contributed by atoms with E-state index in [1.807, 2.05) is 90.7 Å². The first-order valence-electron chi connectivity index (χ1n) is 11.9. The van der Waals surface area contributed by atoms with Crippen LogP contribution in [0, 0.1) is 0 Å². The van der Waals surface area contributed by atoms with E-state index in [1.54, 1.807) is 11.8 Å². The monoisotopic (exact) mass is 509 g/mol. The number of halogens is 1. The molecule has 2 heterocycles. The minimum atomic E-state index is -1.01. The summed E-state index contributed by atoms with van der Waals surface area (Å²) in [5, 5.41) is 0.736. The van der Waals surface area contributed by atoms with Crippen LogP contribution in [0.15, 0.2) is 120 Å². The summed E-state index contributed by atoms with van der Waals surface area (Å²) in [4.78, 5) is 17.4. The van der Waals surface area contributed by atoms with Gasteiger partial charge in [-0.2, -0.15) is 0 Å². The van der Waals surface area contributed by atoms with Gasteiger partial charge in [-0.25, -0.2) is 0 Å². The van der Waals surface area contributed by atoms with Gasteiger partial charge >= 0.3 is 0 Å². The largest absolute Gasteiger partial charge is 0.467 e. The maximum atomic E-state index is 14.5. The fraction of sp³-hybridized carbons (Fsp3) is 0.129. The Hall–Kier alpha value is -3.47. The number of hydrogen-bond acceptors (Lipinski definition) is 3. The number of allylic oxidation sites excluding steroid dienone is 1. The van der Waals surface area contributed by atoms with Crippen LogP contribution in [-0.4, -0.2) is 5.91 Å². The van der Waals surface area contributed by atoms with Crippen molar-refractivity contribution in [3.63, 3.8) is 0 Å². The molecular weight excluding hydrogens is 486 g/mol. The number of hydrogen-bond donors (Lipinski definition) is 0. The van der Waals surface area contributed by atoms with Gasteiger partial charge in [0.25, 0.3) is 5.91 Å². The lowest BCUT2D eigenvalue weighted by Gasteiger charge is -2.47. The molecule has 0 bridgehead atoms. The van der Waals surface area contributed by atoms with E-state index in [9.17, 15) is 4.79 Å². The first-order valence-corrected chi connectivity index (χ1v) is 13.2. The molecule has 0 aliphatic carbocycles. The predicted octanol–water partition coefficient (Wildman–Crippen LogP) is 8.22. The molecule has 0 saturated heterocycles. The second-order valence-electron chi connectivity index (χ2n) is 9.02. The minimum Gasteiger partial charge on any atom is -0.467 e. The number of thioether (sulfide) groups is 1. The highest BCUT2D eigenvalue weighted by Crippen LogP contribution is 2.56. The zero-order chi connectivity index (χ0) is 24.7. The van der Waals surface area contributed by atoms with Crippen LogP contribution in [0.4, 0.5) is 5.69 Å². The molecule has 0 spiro atoms. The predicted molar refractivity (Wildman–Crippen MR) is 147 cm³/mol. The molecule has 4 aromatic rings. The molecule has 2 aliphatic heterocycles. The Morgan fingerprint density at radius 1 is 0.861 bits per heavy atom. The highest BCUT2D eigenvalue weighted by atomic mass is 35.5. The minimum absolute atomic E-state index is 0.0347. The zero-order valence-corrected chi connectivity index (χ0v) is 21.3. The summed E-state index contributed by atoms with van der Waals surface area (Å²) >= 11 is 7.98. The molecule has 4 aromatic carbocycles. The first-order chi connectivity index (χ1) is 17.6. The molecule has 2 aliphatic rings. The van der Waals surface area contributed by atoms with Crippen molar-refractivity contribution in [2.45, 2.75) is 29.2 Å². The van der Waals surface area contributed by atoms with E-state index >= 15 is 0 Å². The summed E-state index contributed by atoms with van der Waals surface area (Å²) < 4.78 is 6.96. The van der Waals surface area contributed by atoms with E-state index in [0.29, 0.717) is 22.8 Å². The lowest BCUT2D eigenvalue weighted by Crippen LogP contribution is -2.55. The number of amides is 1. The van der Waals surface area contributed by atoms with E-state index in [-0.39, 0.29) is 11.2 Å². The number of ether oxygens (including phenoxy) is 1. The van der Waals surface area contributed by atoms with Crippen LogP contribution in [0.1, 0.15) is 35.3 Å². The Bertz CT molecular complexity index is 1450. The second kappa shape index (κ2) is 9.20. The van der Waals surface area contributed by atoms with Gasteiger partial charge in [0, 0.05) is 27.2 Å². The summed E-state index contributed by atoms with van der Waals surface area (Å²) in [6.07, 6.45) is 0.573. The number of carbonyl (C=O) groups is 1. The van der Waals surface area contributed by atoms with Gasteiger partial charge in [-0.15, -0.1) is 11.8 Å². The third-order valence-electron chi connectivity index (χ3n) is 6.82. The lowest BCUT2D eigenvalue weighted by molar-refractivity contribution is -0.123. The molecule has 0 fully saturated rings. The van der Waals surface area contributed by atoms with Crippen LogP contribution < -0.4 is 4.90 Å². The third kappa shape index (κ3) is 3.82. The van der Waals surface area contributed by atoms with Crippen LogP contribution in [0.25, 0.3) is 5.57 Å². The number of carbonyl (C=O) groups excluding carboxylic acids is 1. The molecule has 2 atom stereocenters. The zero-order valence-electron chi connectivity index (χ0n) is 19.7.